The van der Waals surface area contributed by atoms with Crippen molar-refractivity contribution in [3.63, 3.8) is 0 Å². The number of nitrogens with one attached hydrogen (secondary N) is 10. The van der Waals surface area contributed by atoms with Crippen molar-refractivity contribution < 1.29 is 92.2 Å². The topological polar surface area (TPSA) is 530 Å². The SMILES string of the molecule is CCc1cc(OCCCCN)ccc1-c1ccc(C[C@H](NC(=O)[C@H](CC(=O)O)NC(=O)[C@H](CO)NC(=O)[C@@H](NC(=O)[C@](C)(Cc2ccccc2F)NC(=O)[C@@H](NC(=O)CNC(=O)[C@H](Cc2nn[nH]n2)NC(=O)C(C)(C)C(N)=O)[C@@H](C)O)[C@@H](C)O)C(=O)N[C@@H](CCCc2cc(C)cc(C)c2)C(=O)O)cc1. The Morgan fingerprint density at radius 3 is 1.84 bits per heavy atom. The van der Waals surface area contributed by atoms with Crippen molar-refractivity contribution in [1.29, 1.82) is 0 Å². The van der Waals surface area contributed by atoms with Gasteiger partial charge in [-0.3, -0.25) is 52.7 Å². The predicted molar refractivity (Wildman–Crippen MR) is 372 cm³/mol. The number of ether oxygens (including phenoxy) is 1. The molecule has 0 saturated carbocycles. The van der Waals surface area contributed by atoms with Gasteiger partial charge in [0.2, 0.25) is 59.1 Å². The van der Waals surface area contributed by atoms with Crippen molar-refractivity contribution >= 4 is 71.0 Å². The van der Waals surface area contributed by atoms with Gasteiger partial charge in [-0.05, 0) is 145 Å². The lowest BCUT2D eigenvalue weighted by atomic mass is 9.90. The van der Waals surface area contributed by atoms with Gasteiger partial charge in [-0.15, -0.1) is 10.2 Å². The minimum absolute atomic E-state index is 0.0467. The molecule has 19 N–H and O–H groups in total. The molecule has 0 unspecified atom stereocenters. The smallest absolute Gasteiger partial charge is 0.326 e. The summed E-state index contributed by atoms with van der Waals surface area (Å²) < 4.78 is 21.4. The maximum Gasteiger partial charge on any atom is 0.326 e. The van der Waals surface area contributed by atoms with Gasteiger partial charge < -0.3 is 89.6 Å². The van der Waals surface area contributed by atoms with Gasteiger partial charge >= 0.3 is 11.9 Å². The van der Waals surface area contributed by atoms with Gasteiger partial charge in [0.25, 0.3) is 0 Å². The van der Waals surface area contributed by atoms with Gasteiger partial charge in [0.15, 0.2) is 5.82 Å². The number of aromatic nitrogens is 4. The molecule has 34 heteroatoms. The number of nitrogens with zero attached hydrogens (tertiary/aromatic N) is 3. The predicted octanol–water partition coefficient (Wildman–Crippen LogP) is -1.44. The third-order valence-electron chi connectivity index (χ3n) is 16.9. The fourth-order valence-corrected chi connectivity index (χ4v) is 10.9. The number of hydrogen-bond acceptors (Lipinski definition) is 20. The second-order valence-corrected chi connectivity index (χ2v) is 26.0. The normalized spacial score (nSPS) is 14.5. The highest BCUT2D eigenvalue weighted by atomic mass is 19.1. The summed E-state index contributed by atoms with van der Waals surface area (Å²) in [5.74, 6) is -15.3. The highest BCUT2D eigenvalue weighted by molar-refractivity contribution is 6.05. The van der Waals surface area contributed by atoms with E-state index in [9.17, 15) is 83.1 Å². The molecule has 5 rings (SSSR count). The molecule has 0 fully saturated rings. The minimum atomic E-state index is -2.40. The average molecular weight is 1450 g/mol. The molecule has 33 nitrogen and oxygen atoms in total. The van der Waals surface area contributed by atoms with Crippen molar-refractivity contribution in [3.05, 3.63) is 130 Å². The molecule has 4 aromatic carbocycles. The van der Waals surface area contributed by atoms with E-state index in [1.165, 1.54) is 32.0 Å². The van der Waals surface area contributed by atoms with E-state index in [2.05, 4.69) is 68.5 Å². The summed E-state index contributed by atoms with van der Waals surface area (Å²) in [5, 5.41) is 86.5. The van der Waals surface area contributed by atoms with E-state index >= 15 is 4.39 Å². The molecule has 10 amide bonds. The first-order valence-corrected chi connectivity index (χ1v) is 33.6. The van der Waals surface area contributed by atoms with Crippen molar-refractivity contribution in [1.82, 2.24) is 68.5 Å². The number of carbonyl (C=O) groups is 12. The number of carboxylic acids is 2. The molecule has 0 spiro atoms. The maximum absolute atomic E-state index is 15.4. The van der Waals surface area contributed by atoms with Gasteiger partial charge in [0, 0.05) is 19.3 Å². The molecule has 104 heavy (non-hydrogen) atoms. The fourth-order valence-electron chi connectivity index (χ4n) is 10.9. The number of halogens is 1. The number of carboxylic acid groups (broad SMARTS) is 2. The van der Waals surface area contributed by atoms with E-state index in [-0.39, 0.29) is 24.2 Å². The number of primary amides is 1. The zero-order chi connectivity index (χ0) is 77.2. The number of hydrogen-bond donors (Lipinski definition) is 17. The lowest BCUT2D eigenvalue weighted by Gasteiger charge is -2.34. The number of aromatic amines is 1. The molecular weight excluding hydrogens is 1360 g/mol. The van der Waals surface area contributed by atoms with E-state index in [4.69, 9.17) is 16.2 Å². The molecule has 564 valence electrons. The van der Waals surface area contributed by atoms with Crippen LogP contribution in [0.25, 0.3) is 11.1 Å². The van der Waals surface area contributed by atoms with Gasteiger partial charge in [-0.2, -0.15) is 5.21 Å². The summed E-state index contributed by atoms with van der Waals surface area (Å²) in [6.07, 6.45) is -3.35. The molecule has 1 heterocycles. The highest BCUT2D eigenvalue weighted by Crippen LogP contribution is 2.29. The monoisotopic (exact) mass is 1450 g/mol. The Bertz CT molecular complexity index is 3820. The number of aliphatic carboxylic acids is 2. The number of amides is 10. The molecule has 0 saturated heterocycles. The van der Waals surface area contributed by atoms with Crippen LogP contribution in [-0.2, 0) is 89.6 Å². The Hall–Kier alpha value is -10.8. The molecule has 0 radical (unpaired) electrons. The molecule has 0 aliphatic carbocycles. The number of nitrogens with two attached hydrogens (primary N) is 2. The Morgan fingerprint density at radius 1 is 0.644 bits per heavy atom. The van der Waals surface area contributed by atoms with Crippen LogP contribution in [0.5, 0.6) is 5.75 Å². The number of tetrazole rings is 1. The van der Waals surface area contributed by atoms with Crippen LogP contribution in [0.3, 0.4) is 0 Å². The van der Waals surface area contributed by atoms with Gasteiger partial charge in [-0.1, -0.05) is 90.0 Å². The highest BCUT2D eigenvalue weighted by Gasteiger charge is 2.43. The van der Waals surface area contributed by atoms with Crippen LogP contribution in [0.4, 0.5) is 4.39 Å². The number of carbonyl (C=O) groups excluding carboxylic acids is 10. The minimum Gasteiger partial charge on any atom is -0.494 e. The molecule has 5 aromatic rings. The van der Waals surface area contributed by atoms with E-state index in [0.717, 1.165) is 73.1 Å². The van der Waals surface area contributed by atoms with E-state index in [1.807, 2.05) is 57.2 Å². The summed E-state index contributed by atoms with van der Waals surface area (Å²) in [4.78, 5) is 163. The Labute approximate surface area is 599 Å². The standard InChI is InChI=1S/C70H94FN15O18/c1-9-43-31-46(104-26-13-12-25-72)23-24-47(43)44-21-19-41(20-22-44)30-50(60(94)75-49(65(99)100)18-14-15-42-28-37(2)27-38(3)29-42)76-61(95)52(33-56(91)92)77-62(96)53(36-87)78-63(97)57(39(4)88)81-68(103)70(8,34-45-16-10-11-17-48(45)71)82-64(98)58(40(5)89)80-55(90)35-74-59(93)51(32-54-83-85-86-84-54)79-67(102)69(6,7)66(73)101/h10-11,16-17,19-24,27-29,31,39-40,49-53,57-58,87-89H,9,12-15,18,25-26,30,32-36,72H2,1-8H3,(H2,73,101)(H,74,93)(H,75,94)(H,76,95)(H,77,96)(H,78,97)(H,79,102)(H,80,90)(H,81,103)(H,82,98)(H,91,92)(H,99,100)(H,83,84,85,86)/t39-,40-,49+,50+,51+,52+,53+,57+,58+,70+/m1/s1. The van der Waals surface area contributed by atoms with E-state index < -0.39 is 175 Å². The Balaban J connectivity index is 1.36. The first-order chi connectivity index (χ1) is 49.1. The largest absolute Gasteiger partial charge is 0.494 e. The third-order valence-corrected chi connectivity index (χ3v) is 16.9. The van der Waals surface area contributed by atoms with Gasteiger partial charge in [-0.25, -0.2) is 9.18 Å². The summed E-state index contributed by atoms with van der Waals surface area (Å²) in [6.45, 7) is 10.1. The average Bonchev–Trinajstić information content (AvgIpc) is 0.954. The van der Waals surface area contributed by atoms with E-state index in [0.29, 0.717) is 43.7 Å². The fraction of sp³-hybridized carbons (Fsp3) is 0.471. The first kappa shape index (κ1) is 83.8. The molecular formula is C70H94FN15O18. The third kappa shape index (κ3) is 25.3. The van der Waals surface area contributed by atoms with Gasteiger partial charge in [0.1, 0.15) is 64.8 Å². The number of unbranched alkanes of at least 4 members (excludes halogenated alkanes) is 1. The molecule has 1 aromatic heterocycles. The summed E-state index contributed by atoms with van der Waals surface area (Å²) in [7, 11) is 0. The Kier molecular flexibility index (Phi) is 31.9. The molecule has 10 atom stereocenters. The molecule has 0 aliphatic rings. The number of aliphatic hydroxyl groups excluding tert-OH is 3. The zero-order valence-corrected chi connectivity index (χ0v) is 59.1. The maximum atomic E-state index is 15.4. The van der Waals surface area contributed by atoms with Crippen molar-refractivity contribution in [3.8, 4) is 16.9 Å². The number of H-pyrrole nitrogens is 1. The second kappa shape index (κ2) is 39.5. The van der Waals surface area contributed by atoms with Crippen LogP contribution in [0, 0.1) is 25.1 Å². The second-order valence-electron chi connectivity index (χ2n) is 26.0. The quantitative estimate of drug-likeness (QED) is 0.0157. The number of aliphatic hydroxyl groups is 3. The molecule has 0 bridgehead atoms. The number of rotatable bonds is 42. The Morgan fingerprint density at radius 2 is 1.25 bits per heavy atom. The van der Waals surface area contributed by atoms with Gasteiger partial charge in [0.05, 0.1) is 38.4 Å². The lowest BCUT2D eigenvalue weighted by molar-refractivity contribution is -0.143. The number of benzene rings is 4. The summed E-state index contributed by atoms with van der Waals surface area (Å²) >= 11 is 0. The lowest BCUT2D eigenvalue weighted by Crippen LogP contribution is -2.67. The van der Waals surface area contributed by atoms with Crippen molar-refractivity contribution in [2.75, 3.05) is 26.3 Å². The van der Waals surface area contributed by atoms with E-state index in [1.54, 1.807) is 24.3 Å². The van der Waals surface area contributed by atoms with Crippen LogP contribution in [0.15, 0.2) is 84.9 Å². The van der Waals surface area contributed by atoms with Crippen LogP contribution >= 0.6 is 0 Å². The van der Waals surface area contributed by atoms with Crippen molar-refractivity contribution in [2.45, 2.75) is 180 Å². The van der Waals surface area contributed by atoms with Crippen LogP contribution in [0.2, 0.25) is 0 Å². The zero-order valence-electron chi connectivity index (χ0n) is 59.1. The molecule has 0 aliphatic heterocycles. The van der Waals surface area contributed by atoms with Crippen LogP contribution in [-0.4, -0.2) is 204 Å². The van der Waals surface area contributed by atoms with Crippen molar-refractivity contribution in [2.24, 2.45) is 16.9 Å². The van der Waals surface area contributed by atoms with Crippen LogP contribution in [0.1, 0.15) is 113 Å². The number of aryl methyl sites for hydroxylation is 4. The summed E-state index contributed by atoms with van der Waals surface area (Å²) in [6, 6.07) is 10.5. The van der Waals surface area contributed by atoms with Crippen LogP contribution < -0.4 is 64.1 Å². The summed E-state index contributed by atoms with van der Waals surface area (Å²) in [5.41, 5.74) is 12.6. The first-order valence-electron chi connectivity index (χ1n) is 33.6.